The molecule has 1 aliphatic rings. The number of methoxy groups -OCH3 is 1. The van der Waals surface area contributed by atoms with Crippen LogP contribution in [0, 0.1) is 5.92 Å². The first-order chi connectivity index (χ1) is 8.90. The second kappa shape index (κ2) is 7.12. The average molecular weight is 281 g/mol. The number of esters is 1. The van der Waals surface area contributed by atoms with Gasteiger partial charge >= 0.3 is 12.1 Å². The summed E-state index contributed by atoms with van der Waals surface area (Å²) in [7, 11) is 1.32. The lowest BCUT2D eigenvalue weighted by molar-refractivity contribution is -0.187. The molecule has 1 rings (SSSR count). The molecule has 0 N–H and O–H groups in total. The van der Waals surface area contributed by atoms with Crippen molar-refractivity contribution in [3.8, 4) is 0 Å². The number of hydrogen-bond donors (Lipinski definition) is 0. The van der Waals surface area contributed by atoms with Crippen molar-refractivity contribution in [1.82, 2.24) is 4.90 Å². The van der Waals surface area contributed by atoms with E-state index in [0.29, 0.717) is 19.5 Å². The highest BCUT2D eigenvalue weighted by Crippen LogP contribution is 2.34. The predicted octanol–water partition coefficient (Wildman–Crippen LogP) is 2.99. The van der Waals surface area contributed by atoms with Gasteiger partial charge in [-0.1, -0.05) is 19.8 Å². The Morgan fingerprint density at radius 2 is 1.95 bits per heavy atom. The smallest absolute Gasteiger partial charge is 0.391 e. The minimum atomic E-state index is -4.11. The lowest BCUT2D eigenvalue weighted by atomic mass is 9.94. The van der Waals surface area contributed by atoms with Crippen LogP contribution in [0.1, 0.15) is 39.0 Å². The largest absolute Gasteiger partial charge is 0.468 e. The van der Waals surface area contributed by atoms with E-state index in [1.54, 1.807) is 0 Å². The fourth-order valence-electron chi connectivity index (χ4n) is 2.52. The number of nitrogens with zero attached hydrogens (tertiary/aromatic N) is 1. The Labute approximate surface area is 112 Å². The molecule has 0 saturated carbocycles. The summed E-state index contributed by atoms with van der Waals surface area (Å²) in [5.74, 6) is -1.56. The molecule has 0 aromatic heterocycles. The monoisotopic (exact) mass is 281 g/mol. The number of carbonyl (C=O) groups is 1. The molecular weight excluding hydrogens is 259 g/mol. The Morgan fingerprint density at radius 1 is 1.37 bits per heavy atom. The van der Waals surface area contributed by atoms with Gasteiger partial charge in [-0.3, -0.25) is 9.69 Å². The summed E-state index contributed by atoms with van der Waals surface area (Å²) >= 11 is 0. The van der Waals surface area contributed by atoms with Crippen molar-refractivity contribution < 1.29 is 22.7 Å². The third kappa shape index (κ3) is 4.67. The zero-order valence-corrected chi connectivity index (χ0v) is 11.5. The highest BCUT2D eigenvalue weighted by molar-refractivity contribution is 5.75. The SMILES string of the molecule is CCCCC(C(=O)OC)N1CCC(C(F)(F)F)CC1. The maximum absolute atomic E-state index is 12.6. The van der Waals surface area contributed by atoms with Gasteiger partial charge in [0.15, 0.2) is 0 Å². The Hall–Kier alpha value is -0.780. The summed E-state index contributed by atoms with van der Waals surface area (Å²) in [4.78, 5) is 13.5. The molecule has 0 spiro atoms. The number of piperidine rings is 1. The summed E-state index contributed by atoms with van der Waals surface area (Å²) in [5, 5.41) is 0. The van der Waals surface area contributed by atoms with E-state index in [-0.39, 0.29) is 24.9 Å². The molecule has 0 aliphatic carbocycles. The van der Waals surface area contributed by atoms with Gasteiger partial charge in [-0.15, -0.1) is 0 Å². The molecule has 3 nitrogen and oxygen atoms in total. The molecule has 1 unspecified atom stereocenters. The van der Waals surface area contributed by atoms with E-state index in [0.717, 1.165) is 12.8 Å². The van der Waals surface area contributed by atoms with Crippen molar-refractivity contribution in [1.29, 1.82) is 0 Å². The van der Waals surface area contributed by atoms with Crippen molar-refractivity contribution >= 4 is 5.97 Å². The van der Waals surface area contributed by atoms with Gasteiger partial charge in [-0.25, -0.2) is 0 Å². The van der Waals surface area contributed by atoms with E-state index in [2.05, 4.69) is 0 Å². The van der Waals surface area contributed by atoms with Gasteiger partial charge in [-0.2, -0.15) is 13.2 Å². The second-order valence-corrected chi connectivity index (χ2v) is 5.03. The predicted molar refractivity (Wildman–Crippen MR) is 65.7 cm³/mol. The zero-order valence-electron chi connectivity index (χ0n) is 11.5. The maximum Gasteiger partial charge on any atom is 0.391 e. The van der Waals surface area contributed by atoms with E-state index in [9.17, 15) is 18.0 Å². The summed E-state index contributed by atoms with van der Waals surface area (Å²) in [5.41, 5.74) is 0. The van der Waals surface area contributed by atoms with Crippen LogP contribution in [0.2, 0.25) is 0 Å². The Morgan fingerprint density at radius 3 is 2.37 bits per heavy atom. The maximum atomic E-state index is 12.6. The molecule has 0 radical (unpaired) electrons. The molecule has 0 amide bonds. The van der Waals surface area contributed by atoms with Crippen molar-refractivity contribution in [2.24, 2.45) is 5.92 Å². The molecule has 1 heterocycles. The van der Waals surface area contributed by atoms with Gasteiger partial charge in [0.05, 0.1) is 13.0 Å². The third-order valence-corrected chi connectivity index (χ3v) is 3.74. The van der Waals surface area contributed by atoms with Gasteiger partial charge in [0, 0.05) is 0 Å². The minimum absolute atomic E-state index is 0.0725. The molecule has 1 fully saturated rings. The molecule has 0 aromatic rings. The van der Waals surface area contributed by atoms with Crippen LogP contribution in [0.15, 0.2) is 0 Å². The van der Waals surface area contributed by atoms with Gasteiger partial charge in [0.1, 0.15) is 6.04 Å². The first-order valence-electron chi connectivity index (χ1n) is 6.78. The molecule has 6 heteroatoms. The molecular formula is C13H22F3NO2. The van der Waals surface area contributed by atoms with E-state index in [4.69, 9.17) is 4.74 Å². The normalized spacial score (nSPS) is 20.3. The lowest BCUT2D eigenvalue weighted by Gasteiger charge is -2.36. The first kappa shape index (κ1) is 16.3. The first-order valence-corrected chi connectivity index (χ1v) is 6.78. The van der Waals surface area contributed by atoms with E-state index in [1.807, 2.05) is 11.8 Å². The fraction of sp³-hybridized carbons (Fsp3) is 0.923. The zero-order chi connectivity index (χ0) is 14.5. The summed E-state index contributed by atoms with van der Waals surface area (Å²) in [6.07, 6.45) is -1.49. The summed E-state index contributed by atoms with van der Waals surface area (Å²) in [6, 6.07) is -0.390. The molecule has 1 saturated heterocycles. The number of unbranched alkanes of at least 4 members (excludes halogenated alkanes) is 1. The number of alkyl halides is 3. The van der Waals surface area contributed by atoms with Crippen LogP contribution in [0.4, 0.5) is 13.2 Å². The Bertz CT molecular complexity index is 286. The van der Waals surface area contributed by atoms with E-state index >= 15 is 0 Å². The molecule has 1 aliphatic heterocycles. The Balaban J connectivity index is 2.56. The number of hydrogen-bond acceptors (Lipinski definition) is 3. The van der Waals surface area contributed by atoms with Crippen LogP contribution in [0.25, 0.3) is 0 Å². The standard InChI is InChI=1S/C13H22F3NO2/c1-3-4-5-11(12(18)19-2)17-8-6-10(7-9-17)13(14,15)16/h10-11H,3-9H2,1-2H3. The highest BCUT2D eigenvalue weighted by Gasteiger charge is 2.42. The van der Waals surface area contributed by atoms with E-state index < -0.39 is 12.1 Å². The van der Waals surface area contributed by atoms with Gasteiger partial charge in [0.2, 0.25) is 0 Å². The molecule has 19 heavy (non-hydrogen) atoms. The molecule has 0 aromatic carbocycles. The number of carbonyl (C=O) groups excluding carboxylic acids is 1. The molecule has 0 bridgehead atoms. The summed E-state index contributed by atoms with van der Waals surface area (Å²) < 4.78 is 42.5. The van der Waals surface area contributed by atoms with Crippen LogP contribution in [-0.4, -0.2) is 43.3 Å². The summed E-state index contributed by atoms with van der Waals surface area (Å²) in [6.45, 7) is 2.64. The number of rotatable bonds is 5. The molecule has 112 valence electrons. The van der Waals surface area contributed by atoms with Gasteiger partial charge in [-0.05, 0) is 32.4 Å². The third-order valence-electron chi connectivity index (χ3n) is 3.74. The minimum Gasteiger partial charge on any atom is -0.468 e. The molecule has 1 atom stereocenters. The average Bonchev–Trinajstić information content (AvgIpc) is 2.38. The van der Waals surface area contributed by atoms with Gasteiger partial charge < -0.3 is 4.74 Å². The van der Waals surface area contributed by atoms with Crippen LogP contribution < -0.4 is 0 Å². The van der Waals surface area contributed by atoms with Crippen molar-refractivity contribution in [2.75, 3.05) is 20.2 Å². The highest BCUT2D eigenvalue weighted by atomic mass is 19.4. The van der Waals surface area contributed by atoms with Gasteiger partial charge in [0.25, 0.3) is 0 Å². The fourth-order valence-corrected chi connectivity index (χ4v) is 2.52. The van der Waals surface area contributed by atoms with Crippen LogP contribution in [0.3, 0.4) is 0 Å². The quantitative estimate of drug-likeness (QED) is 0.726. The number of ether oxygens (including phenoxy) is 1. The Kier molecular flexibility index (Phi) is 6.10. The number of likely N-dealkylation sites (tertiary alicyclic amines) is 1. The van der Waals surface area contributed by atoms with Crippen molar-refractivity contribution in [2.45, 2.75) is 51.2 Å². The lowest BCUT2D eigenvalue weighted by Crippen LogP contribution is -2.48. The topological polar surface area (TPSA) is 29.5 Å². The number of halogens is 3. The van der Waals surface area contributed by atoms with Crippen LogP contribution >= 0.6 is 0 Å². The van der Waals surface area contributed by atoms with E-state index in [1.165, 1.54) is 7.11 Å². The second-order valence-electron chi connectivity index (χ2n) is 5.03. The van der Waals surface area contributed by atoms with Crippen LogP contribution in [-0.2, 0) is 9.53 Å². The van der Waals surface area contributed by atoms with Crippen LogP contribution in [0.5, 0.6) is 0 Å². The van der Waals surface area contributed by atoms with Crippen molar-refractivity contribution in [3.63, 3.8) is 0 Å². The van der Waals surface area contributed by atoms with Crippen molar-refractivity contribution in [3.05, 3.63) is 0 Å².